The number of hydrogen-bond donors (Lipinski definition) is 0. The molecule has 0 amide bonds. The van der Waals surface area contributed by atoms with Gasteiger partial charge in [0.1, 0.15) is 23.1 Å². The predicted octanol–water partition coefficient (Wildman–Crippen LogP) is 3.87. The van der Waals surface area contributed by atoms with Crippen LogP contribution in [0.2, 0.25) is 0 Å². The van der Waals surface area contributed by atoms with Crippen molar-refractivity contribution in [1.29, 1.82) is 0 Å². The second-order valence-corrected chi connectivity index (χ2v) is 8.42. The fraction of sp³-hybridized carbons (Fsp3) is 0.440. The van der Waals surface area contributed by atoms with Gasteiger partial charge < -0.3 is 28.7 Å². The Morgan fingerprint density at radius 1 is 0.727 bits per heavy atom. The van der Waals surface area contributed by atoms with E-state index in [1.807, 2.05) is 24.3 Å². The molecule has 2 aliphatic rings. The third-order valence-electron chi connectivity index (χ3n) is 6.45. The molecule has 2 fully saturated rings. The lowest BCUT2D eigenvalue weighted by atomic mass is 10.1. The quantitative estimate of drug-likeness (QED) is 0.537. The van der Waals surface area contributed by atoms with E-state index in [2.05, 4.69) is 15.9 Å². The van der Waals surface area contributed by atoms with Gasteiger partial charge in [-0.2, -0.15) is 0 Å². The molecule has 174 valence electrons. The lowest BCUT2D eigenvalue weighted by Gasteiger charge is -2.37. The highest BCUT2D eigenvalue weighted by Gasteiger charge is 2.30. The molecular formula is C25H30N4O4. The zero-order valence-corrected chi connectivity index (χ0v) is 19.6. The van der Waals surface area contributed by atoms with Crippen molar-refractivity contribution in [1.82, 2.24) is 9.97 Å². The Balaban J connectivity index is 1.45. The molecule has 1 aliphatic carbocycles. The second kappa shape index (κ2) is 8.84. The lowest BCUT2D eigenvalue weighted by molar-refractivity contribution is 0.355. The van der Waals surface area contributed by atoms with E-state index in [-0.39, 0.29) is 0 Å². The van der Waals surface area contributed by atoms with Crippen LogP contribution in [0.5, 0.6) is 23.0 Å². The maximum absolute atomic E-state index is 5.62. The van der Waals surface area contributed by atoms with Crippen LogP contribution in [-0.4, -0.2) is 64.6 Å². The Morgan fingerprint density at radius 3 is 2.03 bits per heavy atom. The van der Waals surface area contributed by atoms with Crippen molar-refractivity contribution in [3.8, 4) is 23.0 Å². The Labute approximate surface area is 194 Å². The SMILES string of the molecule is COc1ccc(N2CCN(c3nc(C4CC4)nc4cc(OC)c(OC)cc34)CC2)c(OC)c1. The molecule has 8 nitrogen and oxygen atoms in total. The van der Waals surface area contributed by atoms with Crippen LogP contribution >= 0.6 is 0 Å². The number of fused-ring (bicyclic) bond motifs is 1. The molecule has 0 bridgehead atoms. The first-order valence-corrected chi connectivity index (χ1v) is 11.3. The molecule has 3 aromatic rings. The summed E-state index contributed by atoms with van der Waals surface area (Å²) in [4.78, 5) is 14.6. The number of nitrogens with zero attached hydrogens (tertiary/aromatic N) is 4. The van der Waals surface area contributed by atoms with Crippen LogP contribution in [0.25, 0.3) is 10.9 Å². The minimum atomic E-state index is 0.464. The summed E-state index contributed by atoms with van der Waals surface area (Å²) in [5.41, 5.74) is 1.98. The summed E-state index contributed by atoms with van der Waals surface area (Å²) < 4.78 is 22.1. The number of hydrogen-bond acceptors (Lipinski definition) is 8. The Morgan fingerprint density at radius 2 is 1.39 bits per heavy atom. The second-order valence-electron chi connectivity index (χ2n) is 8.42. The third kappa shape index (κ3) is 4.05. The highest BCUT2D eigenvalue weighted by molar-refractivity contribution is 5.92. The van der Waals surface area contributed by atoms with E-state index in [1.54, 1.807) is 28.4 Å². The molecule has 0 atom stereocenters. The standard InChI is InChI=1S/C25H30N4O4/c1-30-17-7-8-20(21(13-17)31-2)28-9-11-29(12-10-28)25-18-14-22(32-3)23(33-4)15-19(18)26-24(27-25)16-5-6-16/h7-8,13-16H,5-6,9-12H2,1-4H3. The summed E-state index contributed by atoms with van der Waals surface area (Å²) >= 11 is 0. The fourth-order valence-electron chi connectivity index (χ4n) is 4.43. The minimum absolute atomic E-state index is 0.464. The van der Waals surface area contributed by atoms with Gasteiger partial charge in [-0.15, -0.1) is 0 Å². The summed E-state index contributed by atoms with van der Waals surface area (Å²) in [6, 6.07) is 9.93. The van der Waals surface area contributed by atoms with Crippen LogP contribution < -0.4 is 28.7 Å². The number of aromatic nitrogens is 2. The third-order valence-corrected chi connectivity index (χ3v) is 6.45. The zero-order chi connectivity index (χ0) is 22.9. The van der Waals surface area contributed by atoms with Gasteiger partial charge in [-0.25, -0.2) is 9.97 Å². The summed E-state index contributed by atoms with van der Waals surface area (Å²) in [7, 11) is 6.67. The van der Waals surface area contributed by atoms with Crippen molar-refractivity contribution in [3.63, 3.8) is 0 Å². The molecule has 33 heavy (non-hydrogen) atoms. The fourth-order valence-corrected chi connectivity index (χ4v) is 4.43. The maximum Gasteiger partial charge on any atom is 0.162 e. The van der Waals surface area contributed by atoms with Crippen molar-refractivity contribution in [2.75, 3.05) is 64.4 Å². The molecular weight excluding hydrogens is 420 g/mol. The normalized spacial score (nSPS) is 16.1. The van der Waals surface area contributed by atoms with Crippen LogP contribution in [0.3, 0.4) is 0 Å². The Kier molecular flexibility index (Phi) is 5.74. The molecule has 0 radical (unpaired) electrons. The van der Waals surface area contributed by atoms with Gasteiger partial charge in [0.2, 0.25) is 0 Å². The van der Waals surface area contributed by atoms with Gasteiger partial charge in [0, 0.05) is 49.6 Å². The van der Waals surface area contributed by atoms with E-state index in [1.165, 1.54) is 0 Å². The number of ether oxygens (including phenoxy) is 4. The summed E-state index contributed by atoms with van der Waals surface area (Å²) in [6.45, 7) is 3.42. The van der Waals surface area contributed by atoms with Crippen LogP contribution in [0.15, 0.2) is 30.3 Å². The Hall–Kier alpha value is -3.42. The van der Waals surface area contributed by atoms with Crippen LogP contribution in [-0.2, 0) is 0 Å². The molecule has 8 heteroatoms. The molecule has 1 saturated carbocycles. The molecule has 2 aromatic carbocycles. The van der Waals surface area contributed by atoms with Gasteiger partial charge in [-0.05, 0) is 31.0 Å². The molecule has 1 aliphatic heterocycles. The van der Waals surface area contributed by atoms with Crippen molar-refractivity contribution in [2.24, 2.45) is 0 Å². The maximum atomic E-state index is 5.62. The monoisotopic (exact) mass is 450 g/mol. The number of rotatable bonds is 7. The highest BCUT2D eigenvalue weighted by atomic mass is 16.5. The summed E-state index contributed by atoms with van der Waals surface area (Å²) in [5, 5.41) is 0.993. The summed E-state index contributed by atoms with van der Waals surface area (Å²) in [6.07, 6.45) is 2.31. The molecule has 1 aromatic heterocycles. The molecule has 0 N–H and O–H groups in total. The largest absolute Gasteiger partial charge is 0.497 e. The smallest absolute Gasteiger partial charge is 0.162 e. The molecule has 0 unspecified atom stereocenters. The van der Waals surface area contributed by atoms with E-state index in [0.717, 1.165) is 78.8 Å². The van der Waals surface area contributed by atoms with E-state index < -0.39 is 0 Å². The average molecular weight is 451 g/mol. The van der Waals surface area contributed by atoms with E-state index in [0.29, 0.717) is 17.4 Å². The van der Waals surface area contributed by atoms with Crippen molar-refractivity contribution < 1.29 is 18.9 Å². The number of benzene rings is 2. The minimum Gasteiger partial charge on any atom is -0.497 e. The van der Waals surface area contributed by atoms with Gasteiger partial charge >= 0.3 is 0 Å². The molecule has 1 saturated heterocycles. The van der Waals surface area contributed by atoms with Gasteiger partial charge in [0.05, 0.1) is 39.6 Å². The van der Waals surface area contributed by atoms with E-state index in [4.69, 9.17) is 28.9 Å². The van der Waals surface area contributed by atoms with Crippen LogP contribution in [0.1, 0.15) is 24.6 Å². The lowest BCUT2D eigenvalue weighted by Crippen LogP contribution is -2.47. The summed E-state index contributed by atoms with van der Waals surface area (Å²) in [5.74, 6) is 5.37. The number of piperazine rings is 1. The van der Waals surface area contributed by atoms with Crippen molar-refractivity contribution in [2.45, 2.75) is 18.8 Å². The van der Waals surface area contributed by atoms with Gasteiger partial charge in [-0.3, -0.25) is 0 Å². The first kappa shape index (κ1) is 21.4. The van der Waals surface area contributed by atoms with Crippen LogP contribution in [0, 0.1) is 0 Å². The number of anilines is 2. The zero-order valence-electron chi connectivity index (χ0n) is 19.6. The van der Waals surface area contributed by atoms with Gasteiger partial charge in [-0.1, -0.05) is 0 Å². The highest BCUT2D eigenvalue weighted by Crippen LogP contribution is 2.42. The molecule has 2 heterocycles. The van der Waals surface area contributed by atoms with Gasteiger partial charge in [0.15, 0.2) is 11.5 Å². The van der Waals surface area contributed by atoms with E-state index >= 15 is 0 Å². The Bertz CT molecular complexity index is 1160. The van der Waals surface area contributed by atoms with Crippen molar-refractivity contribution in [3.05, 3.63) is 36.2 Å². The van der Waals surface area contributed by atoms with E-state index in [9.17, 15) is 0 Å². The predicted molar refractivity (Wildman–Crippen MR) is 129 cm³/mol. The molecule has 0 spiro atoms. The van der Waals surface area contributed by atoms with Crippen molar-refractivity contribution >= 4 is 22.4 Å². The molecule has 5 rings (SSSR count). The first-order valence-electron chi connectivity index (χ1n) is 11.3. The topological polar surface area (TPSA) is 69.2 Å². The first-order chi connectivity index (χ1) is 16.1. The van der Waals surface area contributed by atoms with Gasteiger partial charge in [0.25, 0.3) is 0 Å². The van der Waals surface area contributed by atoms with Crippen LogP contribution in [0.4, 0.5) is 11.5 Å². The average Bonchev–Trinajstić information content (AvgIpc) is 3.72. The number of methoxy groups -OCH3 is 4.